The van der Waals surface area contributed by atoms with Crippen molar-refractivity contribution in [2.75, 3.05) is 0 Å². The monoisotopic (exact) mass is 309 g/mol. The molecule has 0 bridgehead atoms. The first-order chi connectivity index (χ1) is 8.76. The summed E-state index contributed by atoms with van der Waals surface area (Å²) in [6.07, 6.45) is 6.37. The second-order valence-electron chi connectivity index (χ2n) is 4.51. The Labute approximate surface area is 116 Å². The Balaban J connectivity index is 2.44. The quantitative estimate of drug-likeness (QED) is 0.559. The fourth-order valence-corrected chi connectivity index (χ4v) is 2.73. The molecule has 0 unspecified atom stereocenters. The predicted molar refractivity (Wildman–Crippen MR) is 77.6 cm³/mol. The maximum atomic E-state index is 13.2. The zero-order valence-corrected chi connectivity index (χ0v) is 12.1. The van der Waals surface area contributed by atoms with Crippen molar-refractivity contribution in [1.82, 2.24) is 4.98 Å². The van der Waals surface area contributed by atoms with E-state index in [9.17, 15) is 4.39 Å². The molecular weight excluding hydrogens is 293 g/mol. The van der Waals surface area contributed by atoms with Crippen molar-refractivity contribution in [2.24, 2.45) is 0 Å². The fraction of sp³-hybridized carbons (Fsp3) is 0.400. The van der Waals surface area contributed by atoms with Crippen molar-refractivity contribution in [3.8, 4) is 0 Å². The molecule has 0 saturated carbocycles. The number of hydrogen-bond donors (Lipinski definition) is 0. The maximum absolute atomic E-state index is 13.2. The van der Waals surface area contributed by atoms with E-state index >= 15 is 0 Å². The van der Waals surface area contributed by atoms with E-state index in [1.165, 1.54) is 24.5 Å². The molecule has 0 radical (unpaired) electrons. The number of unbranched alkanes of at least 4 members (excludes halogenated alkanes) is 2. The van der Waals surface area contributed by atoms with Crippen LogP contribution >= 0.6 is 15.9 Å². The lowest BCUT2D eigenvalue weighted by molar-refractivity contribution is 0.629. The van der Waals surface area contributed by atoms with E-state index in [2.05, 4.69) is 27.8 Å². The fourth-order valence-electron chi connectivity index (χ4n) is 2.24. The van der Waals surface area contributed by atoms with Gasteiger partial charge in [-0.15, -0.1) is 0 Å². The third-order valence-corrected chi connectivity index (χ3v) is 3.73. The Hall–Kier alpha value is -0.960. The van der Waals surface area contributed by atoms with Gasteiger partial charge in [0, 0.05) is 16.9 Å². The van der Waals surface area contributed by atoms with Crippen molar-refractivity contribution >= 4 is 26.7 Å². The largest absolute Gasteiger partial charge is 0.259 e. The molecule has 1 aromatic heterocycles. The number of fused-ring (bicyclic) bond motifs is 1. The Morgan fingerprint density at radius 3 is 2.83 bits per heavy atom. The maximum Gasteiger partial charge on any atom is 0.123 e. The van der Waals surface area contributed by atoms with E-state index in [0.717, 1.165) is 34.6 Å². The molecule has 1 nitrogen and oxygen atoms in total. The first-order valence-electron chi connectivity index (χ1n) is 6.38. The third-order valence-electron chi connectivity index (χ3n) is 3.20. The van der Waals surface area contributed by atoms with Crippen molar-refractivity contribution in [1.29, 1.82) is 0 Å². The molecule has 0 N–H and O–H groups in total. The van der Waals surface area contributed by atoms with E-state index in [4.69, 9.17) is 0 Å². The summed E-state index contributed by atoms with van der Waals surface area (Å²) in [5.41, 5.74) is 2.34. The van der Waals surface area contributed by atoms with E-state index in [0.29, 0.717) is 0 Å². The molecule has 0 aliphatic rings. The minimum Gasteiger partial charge on any atom is -0.259 e. The molecular formula is C15H17BrFN. The van der Waals surface area contributed by atoms with Gasteiger partial charge in [0.15, 0.2) is 0 Å². The zero-order valence-electron chi connectivity index (χ0n) is 10.5. The first kappa shape index (κ1) is 13.5. The molecule has 0 aliphatic heterocycles. The van der Waals surface area contributed by atoms with Crippen LogP contribution in [0.3, 0.4) is 0 Å². The standard InChI is InChI=1S/C15H17BrFN/c1-2-3-4-5-14-13-7-6-12(17)8-11(13)10-18-15(14)9-16/h6-8,10H,2-5,9H2,1H3. The van der Waals surface area contributed by atoms with Gasteiger partial charge in [0.05, 0.1) is 5.69 Å². The number of hydrogen-bond acceptors (Lipinski definition) is 1. The second kappa shape index (κ2) is 6.28. The van der Waals surface area contributed by atoms with Crippen molar-refractivity contribution in [3.63, 3.8) is 0 Å². The van der Waals surface area contributed by atoms with Crippen LogP contribution in [0.4, 0.5) is 4.39 Å². The van der Waals surface area contributed by atoms with Crippen LogP contribution in [0.5, 0.6) is 0 Å². The first-order valence-corrected chi connectivity index (χ1v) is 7.50. The molecule has 3 heteroatoms. The highest BCUT2D eigenvalue weighted by Crippen LogP contribution is 2.25. The Kier molecular flexibility index (Phi) is 4.70. The molecule has 0 spiro atoms. The smallest absolute Gasteiger partial charge is 0.123 e. The highest BCUT2D eigenvalue weighted by Gasteiger charge is 2.08. The number of aromatic nitrogens is 1. The summed E-state index contributed by atoms with van der Waals surface area (Å²) in [4.78, 5) is 4.43. The van der Waals surface area contributed by atoms with Crippen LogP contribution in [0.2, 0.25) is 0 Å². The van der Waals surface area contributed by atoms with Crippen LogP contribution in [0.25, 0.3) is 10.8 Å². The van der Waals surface area contributed by atoms with E-state index in [1.807, 2.05) is 6.07 Å². The number of halogens is 2. The molecule has 2 aromatic rings. The van der Waals surface area contributed by atoms with Crippen molar-refractivity contribution in [2.45, 2.75) is 37.9 Å². The number of pyridine rings is 1. The highest BCUT2D eigenvalue weighted by atomic mass is 79.9. The SMILES string of the molecule is CCCCCc1c(CBr)ncc2cc(F)ccc12. The van der Waals surface area contributed by atoms with Crippen LogP contribution in [0, 0.1) is 5.82 Å². The van der Waals surface area contributed by atoms with E-state index in [1.54, 1.807) is 12.3 Å². The minimum atomic E-state index is -0.199. The Bertz CT molecular complexity index is 539. The summed E-state index contributed by atoms with van der Waals surface area (Å²) in [6, 6.07) is 4.97. The van der Waals surface area contributed by atoms with Gasteiger partial charge in [-0.05, 0) is 35.9 Å². The Morgan fingerprint density at radius 2 is 2.11 bits per heavy atom. The summed E-state index contributed by atoms with van der Waals surface area (Å²) in [5.74, 6) is -0.199. The summed E-state index contributed by atoms with van der Waals surface area (Å²) < 4.78 is 13.2. The molecule has 0 aliphatic carbocycles. The van der Waals surface area contributed by atoms with Gasteiger partial charge in [-0.3, -0.25) is 4.98 Å². The molecule has 0 atom stereocenters. The molecule has 0 fully saturated rings. The second-order valence-corrected chi connectivity index (χ2v) is 5.07. The highest BCUT2D eigenvalue weighted by molar-refractivity contribution is 9.08. The number of aryl methyl sites for hydroxylation is 1. The summed E-state index contributed by atoms with van der Waals surface area (Å²) in [7, 11) is 0. The topological polar surface area (TPSA) is 12.9 Å². The lowest BCUT2D eigenvalue weighted by atomic mass is 9.99. The average Bonchev–Trinajstić information content (AvgIpc) is 2.38. The lowest BCUT2D eigenvalue weighted by Crippen LogP contribution is -1.98. The summed E-state index contributed by atoms with van der Waals surface area (Å²) >= 11 is 3.48. The van der Waals surface area contributed by atoms with Gasteiger partial charge in [-0.25, -0.2) is 4.39 Å². The molecule has 18 heavy (non-hydrogen) atoms. The molecule has 1 aromatic carbocycles. The van der Waals surface area contributed by atoms with Gasteiger partial charge in [-0.2, -0.15) is 0 Å². The lowest BCUT2D eigenvalue weighted by Gasteiger charge is -2.10. The average molecular weight is 310 g/mol. The number of benzene rings is 1. The predicted octanol–water partition coefficient (Wildman–Crippen LogP) is 5.00. The van der Waals surface area contributed by atoms with E-state index in [-0.39, 0.29) is 5.82 Å². The molecule has 0 saturated heterocycles. The van der Waals surface area contributed by atoms with Crippen LogP contribution in [0.1, 0.15) is 37.4 Å². The van der Waals surface area contributed by atoms with Crippen molar-refractivity contribution < 1.29 is 4.39 Å². The number of alkyl halides is 1. The zero-order chi connectivity index (χ0) is 13.0. The molecule has 1 heterocycles. The van der Waals surface area contributed by atoms with Gasteiger partial charge in [0.1, 0.15) is 5.82 Å². The third kappa shape index (κ3) is 2.89. The minimum absolute atomic E-state index is 0.199. The number of rotatable bonds is 5. The van der Waals surface area contributed by atoms with Crippen LogP contribution in [-0.4, -0.2) is 4.98 Å². The number of nitrogens with zero attached hydrogens (tertiary/aromatic N) is 1. The normalized spacial score (nSPS) is 11.1. The van der Waals surface area contributed by atoms with Gasteiger partial charge in [0.25, 0.3) is 0 Å². The van der Waals surface area contributed by atoms with Crippen molar-refractivity contribution in [3.05, 3.63) is 41.5 Å². The molecule has 0 amide bonds. The van der Waals surface area contributed by atoms with Crippen LogP contribution < -0.4 is 0 Å². The van der Waals surface area contributed by atoms with Crippen LogP contribution in [0.15, 0.2) is 24.4 Å². The van der Waals surface area contributed by atoms with Gasteiger partial charge in [-0.1, -0.05) is 41.8 Å². The van der Waals surface area contributed by atoms with Gasteiger partial charge < -0.3 is 0 Å². The summed E-state index contributed by atoms with van der Waals surface area (Å²) in [6.45, 7) is 2.20. The van der Waals surface area contributed by atoms with E-state index < -0.39 is 0 Å². The van der Waals surface area contributed by atoms with Gasteiger partial charge >= 0.3 is 0 Å². The molecule has 2 rings (SSSR count). The molecule has 96 valence electrons. The van der Waals surface area contributed by atoms with Crippen LogP contribution in [-0.2, 0) is 11.8 Å². The Morgan fingerprint density at radius 1 is 1.28 bits per heavy atom. The van der Waals surface area contributed by atoms with Gasteiger partial charge in [0.2, 0.25) is 0 Å². The summed E-state index contributed by atoms with van der Waals surface area (Å²) in [5, 5.41) is 2.78.